The first-order valence-electron chi connectivity index (χ1n) is 10.6. The molecule has 1 atom stereocenters. The van der Waals surface area contributed by atoms with Crippen LogP contribution in [-0.4, -0.2) is 44.6 Å². The van der Waals surface area contributed by atoms with Gasteiger partial charge in [0.25, 0.3) is 0 Å². The lowest BCUT2D eigenvalue weighted by molar-refractivity contribution is 0.0785. The number of nitrogens with one attached hydrogen (secondary N) is 1. The lowest BCUT2D eigenvalue weighted by Gasteiger charge is -2.25. The van der Waals surface area contributed by atoms with E-state index in [1.165, 1.54) is 11.1 Å². The fourth-order valence-electron chi connectivity index (χ4n) is 4.38. The molecule has 0 radical (unpaired) electrons. The largest absolute Gasteiger partial charge is 0.611 e. The van der Waals surface area contributed by atoms with Gasteiger partial charge in [0.1, 0.15) is 11.4 Å². The van der Waals surface area contributed by atoms with E-state index < -0.39 is 16.8 Å². The maximum atomic E-state index is 12.6. The van der Waals surface area contributed by atoms with Crippen LogP contribution < -0.4 is 10.2 Å². The Morgan fingerprint density at radius 2 is 1.97 bits per heavy atom. The molecule has 3 aliphatic rings. The Bertz CT molecular complexity index is 956. The molecule has 160 valence electrons. The van der Waals surface area contributed by atoms with E-state index in [0.29, 0.717) is 18.2 Å². The summed E-state index contributed by atoms with van der Waals surface area (Å²) in [5.41, 5.74) is 3.38. The standard InChI is InChI=1S/C22H28N4O3S/c1-22(2,27)16-4-3-14-12-26(13-15(14)11-16)21-24-18-7-10-30(28)19(18)20(25-21)23-17-5-8-29-9-6-17/h3-4,11,17,27H,5-10,12-13H2,1-2H3,(H,23,24,25)/t30-/m1/s1. The Morgan fingerprint density at radius 1 is 1.20 bits per heavy atom. The Morgan fingerprint density at radius 3 is 2.73 bits per heavy atom. The van der Waals surface area contributed by atoms with Crippen LogP contribution in [0.3, 0.4) is 0 Å². The van der Waals surface area contributed by atoms with Crippen molar-refractivity contribution in [2.24, 2.45) is 0 Å². The van der Waals surface area contributed by atoms with Gasteiger partial charge >= 0.3 is 0 Å². The van der Waals surface area contributed by atoms with Crippen molar-refractivity contribution in [1.82, 2.24) is 9.97 Å². The predicted molar refractivity (Wildman–Crippen MR) is 116 cm³/mol. The minimum Gasteiger partial charge on any atom is -0.611 e. The molecular formula is C22H28N4O3S. The van der Waals surface area contributed by atoms with Crippen molar-refractivity contribution in [1.29, 1.82) is 0 Å². The summed E-state index contributed by atoms with van der Waals surface area (Å²) in [7, 11) is 0. The molecule has 1 saturated heterocycles. The molecule has 0 amide bonds. The summed E-state index contributed by atoms with van der Waals surface area (Å²) >= 11 is -1.04. The quantitative estimate of drug-likeness (QED) is 0.723. The van der Waals surface area contributed by atoms with Gasteiger partial charge < -0.3 is 24.6 Å². The second-order valence-corrected chi connectivity index (χ2v) is 10.4. The number of benzene rings is 1. The van der Waals surface area contributed by atoms with Gasteiger partial charge in [-0.05, 0) is 54.6 Å². The highest BCUT2D eigenvalue weighted by molar-refractivity contribution is 7.91. The highest BCUT2D eigenvalue weighted by Gasteiger charge is 2.34. The average molecular weight is 429 g/mol. The number of aliphatic hydroxyl groups is 1. The minimum absolute atomic E-state index is 0.285. The Balaban J connectivity index is 1.44. The van der Waals surface area contributed by atoms with Gasteiger partial charge in [-0.3, -0.25) is 0 Å². The lowest BCUT2D eigenvalue weighted by atomic mass is 9.95. The lowest BCUT2D eigenvalue weighted by Crippen LogP contribution is -2.29. The fourth-order valence-corrected chi connectivity index (χ4v) is 5.69. The monoisotopic (exact) mass is 428 g/mol. The summed E-state index contributed by atoms with van der Waals surface area (Å²) in [6, 6.07) is 6.45. The third-order valence-corrected chi connectivity index (χ3v) is 7.62. The molecule has 5 rings (SSSR count). The zero-order valence-corrected chi connectivity index (χ0v) is 18.3. The topological polar surface area (TPSA) is 93.6 Å². The highest BCUT2D eigenvalue weighted by Crippen LogP contribution is 2.36. The summed E-state index contributed by atoms with van der Waals surface area (Å²) in [5, 5.41) is 13.9. The first-order valence-corrected chi connectivity index (χ1v) is 11.9. The van der Waals surface area contributed by atoms with Crippen LogP contribution in [0.1, 0.15) is 49.1 Å². The number of aromatic nitrogens is 2. The van der Waals surface area contributed by atoms with E-state index >= 15 is 0 Å². The van der Waals surface area contributed by atoms with Crippen molar-refractivity contribution in [3.8, 4) is 0 Å². The van der Waals surface area contributed by atoms with Crippen molar-refractivity contribution in [3.63, 3.8) is 0 Å². The van der Waals surface area contributed by atoms with Gasteiger partial charge in [-0.1, -0.05) is 18.2 Å². The Labute approximate surface area is 180 Å². The molecule has 7 nitrogen and oxygen atoms in total. The first kappa shape index (κ1) is 20.1. The summed E-state index contributed by atoms with van der Waals surface area (Å²) in [5.74, 6) is 2.03. The molecule has 2 aromatic rings. The fraction of sp³-hybridized carbons (Fsp3) is 0.545. The van der Waals surface area contributed by atoms with Crippen molar-refractivity contribution in [2.45, 2.75) is 62.7 Å². The van der Waals surface area contributed by atoms with Crippen LogP contribution >= 0.6 is 0 Å². The predicted octanol–water partition coefficient (Wildman–Crippen LogP) is 2.48. The molecule has 8 heteroatoms. The molecule has 2 N–H and O–H groups in total. The molecule has 0 bridgehead atoms. The first-order chi connectivity index (χ1) is 14.4. The molecule has 0 spiro atoms. The second-order valence-electron chi connectivity index (χ2n) is 8.88. The third-order valence-electron chi connectivity index (χ3n) is 6.16. The minimum atomic E-state index is -1.04. The average Bonchev–Trinajstić information content (AvgIpc) is 3.31. The maximum absolute atomic E-state index is 12.6. The molecule has 1 aromatic heterocycles. The number of aryl methyl sites for hydroxylation is 1. The highest BCUT2D eigenvalue weighted by atomic mass is 32.2. The molecule has 0 aliphatic carbocycles. The van der Waals surface area contributed by atoms with E-state index in [9.17, 15) is 9.66 Å². The van der Waals surface area contributed by atoms with E-state index in [0.717, 1.165) is 61.0 Å². The Kier molecular flexibility index (Phi) is 5.13. The number of fused-ring (bicyclic) bond motifs is 2. The summed E-state index contributed by atoms with van der Waals surface area (Å²) in [6.45, 7) is 6.54. The van der Waals surface area contributed by atoms with Gasteiger partial charge in [-0.15, -0.1) is 0 Å². The summed E-state index contributed by atoms with van der Waals surface area (Å²) in [6.07, 6.45) is 2.58. The van der Waals surface area contributed by atoms with Crippen LogP contribution in [0.25, 0.3) is 0 Å². The molecule has 1 fully saturated rings. The zero-order chi connectivity index (χ0) is 20.9. The number of ether oxygens (including phenoxy) is 1. The molecule has 30 heavy (non-hydrogen) atoms. The van der Waals surface area contributed by atoms with E-state index in [-0.39, 0.29) is 6.04 Å². The van der Waals surface area contributed by atoms with Crippen LogP contribution in [0.4, 0.5) is 11.8 Å². The van der Waals surface area contributed by atoms with E-state index in [2.05, 4.69) is 22.3 Å². The molecule has 1 aromatic carbocycles. The summed E-state index contributed by atoms with van der Waals surface area (Å²) < 4.78 is 18.1. The van der Waals surface area contributed by atoms with E-state index in [1.807, 2.05) is 6.07 Å². The van der Waals surface area contributed by atoms with E-state index in [1.54, 1.807) is 13.8 Å². The number of anilines is 2. The number of nitrogens with zero attached hydrogens (tertiary/aromatic N) is 3. The van der Waals surface area contributed by atoms with Crippen LogP contribution in [0, 0.1) is 0 Å². The van der Waals surface area contributed by atoms with Crippen LogP contribution in [-0.2, 0) is 41.0 Å². The molecular weight excluding hydrogens is 400 g/mol. The van der Waals surface area contributed by atoms with Gasteiger partial charge in [0, 0.05) is 38.8 Å². The molecule has 3 aliphatic heterocycles. The zero-order valence-electron chi connectivity index (χ0n) is 17.5. The second kappa shape index (κ2) is 7.67. The molecule has 0 unspecified atom stereocenters. The van der Waals surface area contributed by atoms with Gasteiger partial charge in [0.2, 0.25) is 10.8 Å². The smallest absolute Gasteiger partial charge is 0.228 e. The van der Waals surface area contributed by atoms with Gasteiger partial charge in [0.05, 0.1) is 5.60 Å². The van der Waals surface area contributed by atoms with Crippen molar-refractivity contribution in [3.05, 3.63) is 40.6 Å². The van der Waals surface area contributed by atoms with Crippen molar-refractivity contribution >= 4 is 22.9 Å². The summed E-state index contributed by atoms with van der Waals surface area (Å²) in [4.78, 5) is 12.6. The van der Waals surface area contributed by atoms with Crippen LogP contribution in [0.5, 0.6) is 0 Å². The van der Waals surface area contributed by atoms with Gasteiger partial charge in [-0.25, -0.2) is 4.98 Å². The number of hydrogen-bond donors (Lipinski definition) is 2. The van der Waals surface area contributed by atoms with Crippen molar-refractivity contribution in [2.75, 3.05) is 29.2 Å². The number of hydrogen-bond acceptors (Lipinski definition) is 7. The van der Waals surface area contributed by atoms with Crippen LogP contribution in [0.2, 0.25) is 0 Å². The number of rotatable bonds is 4. The third kappa shape index (κ3) is 3.77. The van der Waals surface area contributed by atoms with Gasteiger partial charge in [-0.2, -0.15) is 4.98 Å². The van der Waals surface area contributed by atoms with Gasteiger partial charge in [0.15, 0.2) is 5.82 Å². The normalized spacial score (nSPS) is 21.6. The molecule has 0 saturated carbocycles. The van der Waals surface area contributed by atoms with E-state index in [4.69, 9.17) is 14.7 Å². The maximum Gasteiger partial charge on any atom is 0.228 e. The Hall–Kier alpha value is -1.87. The molecule has 4 heterocycles. The SMILES string of the molecule is CC(C)(O)c1ccc2c(c1)CN(c1nc3c(c(NC4CCOCC4)n1)[S@+]([O-])CC3)C2. The van der Waals surface area contributed by atoms with Crippen LogP contribution in [0.15, 0.2) is 23.1 Å². The van der Waals surface area contributed by atoms with Crippen molar-refractivity contribution < 1.29 is 14.4 Å².